The molecule has 0 aromatic rings. The maximum absolute atomic E-state index is 11.2. The average molecular weight is 171 g/mol. The Kier molecular flexibility index (Phi) is 3.04. The molecule has 1 rings (SSSR count). The normalized spacial score (nSPS) is 16.8. The van der Waals surface area contributed by atoms with Crippen molar-refractivity contribution in [1.29, 1.82) is 0 Å². The number of urea groups is 1. The molecular weight excluding hydrogens is 158 g/mol. The molecule has 5 nitrogen and oxygen atoms in total. The van der Waals surface area contributed by atoms with Crippen LogP contribution in [-0.4, -0.2) is 36.5 Å². The Balaban J connectivity index is 2.36. The number of nitrogens with zero attached hydrogens (tertiary/aromatic N) is 1. The number of likely N-dealkylation sites (tertiary alicyclic amines) is 1. The summed E-state index contributed by atoms with van der Waals surface area (Å²) in [7, 11) is 0. The highest BCUT2D eigenvalue weighted by atomic mass is 16.2. The lowest BCUT2D eigenvalue weighted by atomic mass is 10.4. The molecule has 12 heavy (non-hydrogen) atoms. The average Bonchev–Trinajstić information content (AvgIpc) is 2.47. The fourth-order valence-corrected chi connectivity index (χ4v) is 1.14. The van der Waals surface area contributed by atoms with Gasteiger partial charge in [0, 0.05) is 26.1 Å². The summed E-state index contributed by atoms with van der Waals surface area (Å²) in [5.74, 6) is -0.0930. The lowest BCUT2D eigenvalue weighted by Gasteiger charge is -2.13. The molecule has 3 N–H and O–H groups in total. The van der Waals surface area contributed by atoms with E-state index in [9.17, 15) is 9.59 Å². The van der Waals surface area contributed by atoms with Gasteiger partial charge in [-0.25, -0.2) is 4.79 Å². The van der Waals surface area contributed by atoms with Crippen LogP contribution in [0.4, 0.5) is 4.79 Å². The molecule has 68 valence electrons. The van der Waals surface area contributed by atoms with Crippen LogP contribution in [0.2, 0.25) is 0 Å². The molecule has 0 spiro atoms. The number of carbonyl (C=O) groups is 2. The smallest absolute Gasteiger partial charge is 0.324 e. The van der Waals surface area contributed by atoms with E-state index in [-0.39, 0.29) is 11.9 Å². The van der Waals surface area contributed by atoms with E-state index >= 15 is 0 Å². The van der Waals surface area contributed by atoms with E-state index in [0.717, 1.165) is 6.42 Å². The Labute approximate surface area is 70.9 Å². The maximum atomic E-state index is 11.2. The number of hydrogen-bond acceptors (Lipinski definition) is 3. The molecule has 0 atom stereocenters. The Morgan fingerprint density at radius 3 is 2.92 bits per heavy atom. The van der Waals surface area contributed by atoms with Crippen LogP contribution in [0.5, 0.6) is 0 Å². The largest absolute Gasteiger partial charge is 0.336 e. The van der Waals surface area contributed by atoms with Crippen LogP contribution in [0.25, 0.3) is 0 Å². The van der Waals surface area contributed by atoms with Gasteiger partial charge in [-0.15, -0.1) is 0 Å². The van der Waals surface area contributed by atoms with E-state index < -0.39 is 0 Å². The van der Waals surface area contributed by atoms with E-state index in [0.29, 0.717) is 26.1 Å². The molecule has 0 radical (unpaired) electrons. The van der Waals surface area contributed by atoms with E-state index in [1.807, 2.05) is 0 Å². The van der Waals surface area contributed by atoms with Gasteiger partial charge in [0.2, 0.25) is 5.91 Å². The number of nitrogens with two attached hydrogens (primary N) is 1. The molecule has 1 fully saturated rings. The van der Waals surface area contributed by atoms with Gasteiger partial charge in [0.25, 0.3) is 0 Å². The summed E-state index contributed by atoms with van der Waals surface area (Å²) < 4.78 is 0. The highest BCUT2D eigenvalue weighted by Crippen LogP contribution is 2.08. The van der Waals surface area contributed by atoms with Crippen molar-refractivity contribution in [3.05, 3.63) is 0 Å². The summed E-state index contributed by atoms with van der Waals surface area (Å²) in [4.78, 5) is 23.4. The predicted octanol–water partition coefficient (Wildman–Crippen LogP) is -0.723. The number of imide groups is 1. The Bertz CT molecular complexity index is 193. The highest BCUT2D eigenvalue weighted by Gasteiger charge is 2.25. The van der Waals surface area contributed by atoms with Crippen molar-refractivity contribution < 1.29 is 9.59 Å². The third kappa shape index (κ3) is 1.94. The second-order valence-electron chi connectivity index (χ2n) is 2.67. The SMILES string of the molecule is NCCNC(=O)N1CCCC1=O. The van der Waals surface area contributed by atoms with Crippen molar-refractivity contribution in [1.82, 2.24) is 10.2 Å². The molecule has 5 heteroatoms. The van der Waals surface area contributed by atoms with Gasteiger partial charge in [0.1, 0.15) is 0 Å². The van der Waals surface area contributed by atoms with E-state index in [1.165, 1.54) is 4.90 Å². The zero-order chi connectivity index (χ0) is 8.97. The molecule has 0 saturated carbocycles. The summed E-state index contributed by atoms with van der Waals surface area (Å²) in [5.41, 5.74) is 5.19. The van der Waals surface area contributed by atoms with Crippen LogP contribution < -0.4 is 11.1 Å². The van der Waals surface area contributed by atoms with Crippen molar-refractivity contribution >= 4 is 11.9 Å². The van der Waals surface area contributed by atoms with Crippen LogP contribution in [-0.2, 0) is 4.79 Å². The first-order chi connectivity index (χ1) is 5.75. The van der Waals surface area contributed by atoms with Crippen molar-refractivity contribution in [2.24, 2.45) is 5.73 Å². The first-order valence-electron chi connectivity index (χ1n) is 4.04. The van der Waals surface area contributed by atoms with Gasteiger partial charge in [-0.3, -0.25) is 9.69 Å². The molecule has 0 aliphatic carbocycles. The second-order valence-corrected chi connectivity index (χ2v) is 2.67. The molecule has 1 aliphatic heterocycles. The third-order valence-corrected chi connectivity index (χ3v) is 1.74. The molecule has 0 unspecified atom stereocenters. The van der Waals surface area contributed by atoms with Gasteiger partial charge in [0.05, 0.1) is 0 Å². The van der Waals surface area contributed by atoms with E-state index in [2.05, 4.69) is 5.32 Å². The maximum Gasteiger partial charge on any atom is 0.324 e. The summed E-state index contributed by atoms with van der Waals surface area (Å²) in [6.07, 6.45) is 1.25. The molecular formula is C7H13N3O2. The summed E-state index contributed by atoms with van der Waals surface area (Å²) in [6.45, 7) is 1.35. The van der Waals surface area contributed by atoms with Gasteiger partial charge >= 0.3 is 6.03 Å². The first kappa shape index (κ1) is 8.99. The van der Waals surface area contributed by atoms with Crippen molar-refractivity contribution in [3.8, 4) is 0 Å². The third-order valence-electron chi connectivity index (χ3n) is 1.74. The lowest BCUT2D eigenvalue weighted by Crippen LogP contribution is -2.42. The van der Waals surface area contributed by atoms with Gasteiger partial charge < -0.3 is 11.1 Å². The topological polar surface area (TPSA) is 75.4 Å². The van der Waals surface area contributed by atoms with Crippen LogP contribution in [0, 0.1) is 0 Å². The van der Waals surface area contributed by atoms with Crippen molar-refractivity contribution in [2.75, 3.05) is 19.6 Å². The fraction of sp³-hybridized carbons (Fsp3) is 0.714. The number of hydrogen-bond donors (Lipinski definition) is 2. The molecule has 3 amide bonds. The first-order valence-corrected chi connectivity index (χ1v) is 4.04. The van der Waals surface area contributed by atoms with Gasteiger partial charge in [-0.2, -0.15) is 0 Å². The van der Waals surface area contributed by atoms with Crippen LogP contribution in [0.1, 0.15) is 12.8 Å². The van der Waals surface area contributed by atoms with E-state index in [4.69, 9.17) is 5.73 Å². The number of rotatable bonds is 2. The zero-order valence-corrected chi connectivity index (χ0v) is 6.88. The minimum atomic E-state index is -0.317. The monoisotopic (exact) mass is 171 g/mol. The standard InChI is InChI=1S/C7H13N3O2/c8-3-4-9-7(12)10-5-1-2-6(10)11/h1-5,8H2,(H,9,12). The number of nitrogens with one attached hydrogen (secondary N) is 1. The molecule has 1 aliphatic rings. The van der Waals surface area contributed by atoms with Gasteiger partial charge in [-0.05, 0) is 6.42 Å². The van der Waals surface area contributed by atoms with Crippen LogP contribution in [0.15, 0.2) is 0 Å². The summed E-state index contributed by atoms with van der Waals surface area (Å²) >= 11 is 0. The predicted molar refractivity (Wildman–Crippen MR) is 43.4 cm³/mol. The summed E-state index contributed by atoms with van der Waals surface area (Å²) in [5, 5.41) is 2.55. The molecule has 0 aromatic carbocycles. The molecule has 0 bridgehead atoms. The highest BCUT2D eigenvalue weighted by molar-refractivity contribution is 5.95. The van der Waals surface area contributed by atoms with Crippen LogP contribution in [0.3, 0.4) is 0 Å². The molecule has 1 saturated heterocycles. The Hall–Kier alpha value is -1.10. The minimum absolute atomic E-state index is 0.0930. The number of carbonyl (C=O) groups excluding carboxylic acids is 2. The fourth-order valence-electron chi connectivity index (χ4n) is 1.14. The van der Waals surface area contributed by atoms with Crippen LogP contribution >= 0.6 is 0 Å². The Morgan fingerprint density at radius 2 is 2.42 bits per heavy atom. The van der Waals surface area contributed by atoms with Crippen molar-refractivity contribution in [3.63, 3.8) is 0 Å². The number of amides is 3. The van der Waals surface area contributed by atoms with E-state index in [1.54, 1.807) is 0 Å². The van der Waals surface area contributed by atoms with Gasteiger partial charge in [0.15, 0.2) is 0 Å². The molecule has 1 heterocycles. The second kappa shape index (κ2) is 4.06. The lowest BCUT2D eigenvalue weighted by molar-refractivity contribution is -0.125. The Morgan fingerprint density at radius 1 is 1.67 bits per heavy atom. The minimum Gasteiger partial charge on any atom is -0.336 e. The molecule has 0 aromatic heterocycles. The zero-order valence-electron chi connectivity index (χ0n) is 6.88. The summed E-state index contributed by atoms with van der Waals surface area (Å²) in [6, 6.07) is -0.317. The van der Waals surface area contributed by atoms with Gasteiger partial charge in [-0.1, -0.05) is 0 Å². The quantitative estimate of drug-likeness (QED) is 0.575. The van der Waals surface area contributed by atoms with Crippen molar-refractivity contribution in [2.45, 2.75) is 12.8 Å².